The largest absolute Gasteiger partial charge is 0.273 e. The van der Waals surface area contributed by atoms with Gasteiger partial charge in [-0.15, -0.1) is 10.2 Å². The van der Waals surface area contributed by atoms with Crippen molar-refractivity contribution in [1.82, 2.24) is 24.7 Å². The number of nitrogens with zero attached hydrogens (tertiary/aromatic N) is 6. The van der Waals surface area contributed by atoms with Gasteiger partial charge in [0.1, 0.15) is 0 Å². The van der Waals surface area contributed by atoms with Gasteiger partial charge < -0.3 is 0 Å². The van der Waals surface area contributed by atoms with Crippen LogP contribution in [-0.4, -0.2) is 30.9 Å². The Hall–Kier alpha value is -2.76. The molecule has 0 saturated heterocycles. The van der Waals surface area contributed by atoms with E-state index < -0.39 is 0 Å². The van der Waals surface area contributed by atoms with E-state index in [4.69, 9.17) is 0 Å². The van der Waals surface area contributed by atoms with Crippen LogP contribution in [0.1, 0.15) is 35.3 Å². The fourth-order valence-corrected chi connectivity index (χ4v) is 2.41. The summed E-state index contributed by atoms with van der Waals surface area (Å²) >= 11 is 0. The standard InChI is InChI=1S/C17H20N6/c1-5-15-6-8-16(9-7-15)11-18-23-14(4)19-20-17(23)22-13(3)10-12(2)21-22/h6-11H,5H2,1-4H3. The molecule has 0 aliphatic rings. The maximum absolute atomic E-state index is 4.52. The van der Waals surface area contributed by atoms with Gasteiger partial charge in [0.05, 0.1) is 11.9 Å². The van der Waals surface area contributed by atoms with Crippen LogP contribution in [0.15, 0.2) is 35.4 Å². The maximum atomic E-state index is 4.52. The second kappa shape index (κ2) is 6.16. The van der Waals surface area contributed by atoms with Crippen molar-refractivity contribution in [1.29, 1.82) is 0 Å². The van der Waals surface area contributed by atoms with Crippen LogP contribution >= 0.6 is 0 Å². The van der Waals surface area contributed by atoms with Crippen molar-refractivity contribution in [2.24, 2.45) is 5.10 Å². The number of hydrogen-bond acceptors (Lipinski definition) is 4. The van der Waals surface area contributed by atoms with Crippen molar-refractivity contribution in [3.63, 3.8) is 0 Å². The van der Waals surface area contributed by atoms with Crippen molar-refractivity contribution < 1.29 is 0 Å². The topological polar surface area (TPSA) is 60.9 Å². The summed E-state index contributed by atoms with van der Waals surface area (Å²) in [7, 11) is 0. The first-order chi connectivity index (χ1) is 11.1. The zero-order valence-electron chi connectivity index (χ0n) is 13.9. The lowest BCUT2D eigenvalue weighted by Crippen LogP contribution is -2.07. The lowest BCUT2D eigenvalue weighted by Gasteiger charge is -2.04. The summed E-state index contributed by atoms with van der Waals surface area (Å²) in [5, 5.41) is 17.3. The highest BCUT2D eigenvalue weighted by atomic mass is 15.5. The van der Waals surface area contributed by atoms with Gasteiger partial charge in [0.2, 0.25) is 0 Å². The number of rotatable bonds is 4. The van der Waals surface area contributed by atoms with E-state index in [1.807, 2.05) is 33.1 Å². The monoisotopic (exact) mass is 308 g/mol. The van der Waals surface area contributed by atoms with E-state index >= 15 is 0 Å². The van der Waals surface area contributed by atoms with Gasteiger partial charge in [0.25, 0.3) is 5.95 Å². The molecular weight excluding hydrogens is 288 g/mol. The molecule has 6 nitrogen and oxygen atoms in total. The summed E-state index contributed by atoms with van der Waals surface area (Å²) in [6.45, 7) is 7.96. The van der Waals surface area contributed by atoms with Crippen LogP contribution in [0.2, 0.25) is 0 Å². The van der Waals surface area contributed by atoms with Crippen molar-refractivity contribution in [2.45, 2.75) is 34.1 Å². The third-order valence-electron chi connectivity index (χ3n) is 3.69. The summed E-state index contributed by atoms with van der Waals surface area (Å²) in [5.74, 6) is 1.31. The molecule has 0 amide bonds. The van der Waals surface area contributed by atoms with Gasteiger partial charge in [-0.3, -0.25) is 0 Å². The van der Waals surface area contributed by atoms with Crippen LogP contribution in [0.5, 0.6) is 0 Å². The lowest BCUT2D eigenvalue weighted by atomic mass is 10.1. The first kappa shape index (κ1) is 15.1. The summed E-state index contributed by atoms with van der Waals surface area (Å²) in [5.41, 5.74) is 4.29. The van der Waals surface area contributed by atoms with E-state index in [0.29, 0.717) is 11.8 Å². The summed E-state index contributed by atoms with van der Waals surface area (Å²) in [4.78, 5) is 0. The Morgan fingerprint density at radius 1 is 1.09 bits per heavy atom. The summed E-state index contributed by atoms with van der Waals surface area (Å²) < 4.78 is 3.46. The van der Waals surface area contributed by atoms with Crippen LogP contribution in [-0.2, 0) is 6.42 Å². The zero-order valence-corrected chi connectivity index (χ0v) is 13.9. The van der Waals surface area contributed by atoms with E-state index in [0.717, 1.165) is 23.4 Å². The Labute approximate surface area is 135 Å². The molecule has 0 spiro atoms. The predicted octanol–water partition coefficient (Wildman–Crippen LogP) is 2.83. The molecule has 0 saturated carbocycles. The van der Waals surface area contributed by atoms with Crippen molar-refractivity contribution in [3.05, 3.63) is 58.7 Å². The molecule has 0 aliphatic carbocycles. The maximum Gasteiger partial charge on any atom is 0.273 e. The smallest absolute Gasteiger partial charge is 0.202 e. The predicted molar refractivity (Wildman–Crippen MR) is 90.2 cm³/mol. The van der Waals surface area contributed by atoms with Gasteiger partial charge >= 0.3 is 0 Å². The van der Waals surface area contributed by atoms with Gasteiger partial charge in [-0.25, -0.2) is 4.68 Å². The molecule has 0 atom stereocenters. The highest BCUT2D eigenvalue weighted by Gasteiger charge is 2.13. The number of hydrogen-bond donors (Lipinski definition) is 0. The first-order valence-electron chi connectivity index (χ1n) is 7.67. The number of aromatic nitrogens is 5. The van der Waals surface area contributed by atoms with Crippen molar-refractivity contribution >= 4 is 6.21 Å². The summed E-state index contributed by atoms with van der Waals surface area (Å²) in [6, 6.07) is 10.3. The molecule has 0 aliphatic heterocycles. The van der Waals surface area contributed by atoms with Crippen LogP contribution < -0.4 is 0 Å². The normalized spacial score (nSPS) is 11.5. The van der Waals surface area contributed by atoms with E-state index in [-0.39, 0.29) is 0 Å². The second-order valence-electron chi connectivity index (χ2n) is 5.54. The van der Waals surface area contributed by atoms with Gasteiger partial charge in [0.15, 0.2) is 5.82 Å². The Balaban J connectivity index is 1.95. The molecular formula is C17H20N6. The van der Waals surface area contributed by atoms with Crippen molar-refractivity contribution in [2.75, 3.05) is 0 Å². The van der Waals surface area contributed by atoms with Gasteiger partial charge in [-0.2, -0.15) is 14.9 Å². The molecule has 1 aromatic carbocycles. The lowest BCUT2D eigenvalue weighted by molar-refractivity contribution is 0.708. The molecule has 3 rings (SSSR count). The fourth-order valence-electron chi connectivity index (χ4n) is 2.41. The quantitative estimate of drug-likeness (QED) is 0.696. The van der Waals surface area contributed by atoms with Crippen LogP contribution in [0.3, 0.4) is 0 Å². The third kappa shape index (κ3) is 3.06. The summed E-state index contributed by atoms with van der Waals surface area (Å²) in [6.07, 6.45) is 2.84. The minimum Gasteiger partial charge on any atom is -0.202 e. The average molecular weight is 308 g/mol. The molecule has 0 N–H and O–H groups in total. The Morgan fingerprint density at radius 3 is 2.43 bits per heavy atom. The van der Waals surface area contributed by atoms with Crippen LogP contribution in [0, 0.1) is 20.8 Å². The molecule has 23 heavy (non-hydrogen) atoms. The van der Waals surface area contributed by atoms with E-state index in [1.165, 1.54) is 5.56 Å². The molecule has 6 heteroatoms. The molecule has 0 unspecified atom stereocenters. The van der Waals surface area contributed by atoms with Gasteiger partial charge in [-0.05, 0) is 44.4 Å². The highest BCUT2D eigenvalue weighted by Crippen LogP contribution is 2.11. The first-order valence-corrected chi connectivity index (χ1v) is 7.67. The van der Waals surface area contributed by atoms with Gasteiger partial charge in [0, 0.05) is 5.69 Å². The Kier molecular flexibility index (Phi) is 4.06. The Morgan fingerprint density at radius 2 is 1.83 bits per heavy atom. The molecule has 3 aromatic rings. The molecule has 0 bridgehead atoms. The highest BCUT2D eigenvalue weighted by molar-refractivity contribution is 5.79. The second-order valence-corrected chi connectivity index (χ2v) is 5.54. The molecule has 2 aromatic heterocycles. The SMILES string of the molecule is CCc1ccc(C=Nn2c(C)nnc2-n2nc(C)cc2C)cc1. The van der Waals surface area contributed by atoms with Crippen LogP contribution in [0.25, 0.3) is 5.95 Å². The zero-order chi connectivity index (χ0) is 16.4. The Bertz CT molecular complexity index is 839. The third-order valence-corrected chi connectivity index (χ3v) is 3.69. The number of benzene rings is 1. The van der Waals surface area contributed by atoms with Crippen LogP contribution in [0.4, 0.5) is 0 Å². The molecule has 118 valence electrons. The molecule has 2 heterocycles. The number of aryl methyl sites for hydroxylation is 4. The fraction of sp³-hybridized carbons (Fsp3) is 0.294. The van der Waals surface area contributed by atoms with E-state index in [1.54, 1.807) is 9.36 Å². The minimum atomic E-state index is 0.592. The van der Waals surface area contributed by atoms with Crippen molar-refractivity contribution in [3.8, 4) is 5.95 Å². The molecule has 0 radical (unpaired) electrons. The van der Waals surface area contributed by atoms with E-state index in [9.17, 15) is 0 Å². The van der Waals surface area contributed by atoms with Gasteiger partial charge in [-0.1, -0.05) is 31.2 Å². The average Bonchev–Trinajstić information content (AvgIpc) is 3.07. The van der Waals surface area contributed by atoms with E-state index in [2.05, 4.69) is 51.6 Å². The molecule has 0 fully saturated rings. The minimum absolute atomic E-state index is 0.592.